The van der Waals surface area contributed by atoms with Gasteiger partial charge in [0, 0.05) is 27.9 Å². The topological polar surface area (TPSA) is 29.5 Å². The quantitative estimate of drug-likeness (QED) is 0.327. The number of halogens is 5. The normalized spacial score (nSPS) is 10.9. The van der Waals surface area contributed by atoms with E-state index in [0.29, 0.717) is 13.2 Å². The number of hydrogen-bond donors (Lipinski definition) is 1. The van der Waals surface area contributed by atoms with E-state index < -0.39 is 0 Å². The molecule has 1 aromatic rings. The molecule has 0 aliphatic carbocycles. The van der Waals surface area contributed by atoms with Gasteiger partial charge in [-0.1, -0.05) is 0 Å². The van der Waals surface area contributed by atoms with E-state index in [-0.39, 0.29) is 6.61 Å². The van der Waals surface area contributed by atoms with Crippen LogP contribution >= 0.6 is 79.6 Å². The van der Waals surface area contributed by atoms with Gasteiger partial charge in [0.05, 0.1) is 19.8 Å². The lowest BCUT2D eigenvalue weighted by atomic mass is 10.2. The molecule has 0 aromatic heterocycles. The predicted molar refractivity (Wildman–Crippen MR) is 81.7 cm³/mol. The van der Waals surface area contributed by atoms with Crippen molar-refractivity contribution in [3.8, 4) is 0 Å². The highest BCUT2D eigenvalue weighted by molar-refractivity contribution is 9.15. The van der Waals surface area contributed by atoms with E-state index in [2.05, 4.69) is 79.6 Å². The maximum atomic E-state index is 8.66. The number of aliphatic hydroxyl groups excluding tert-OH is 1. The van der Waals surface area contributed by atoms with Gasteiger partial charge in [-0.05, 0) is 79.6 Å². The Morgan fingerprint density at radius 1 is 0.812 bits per heavy atom. The summed E-state index contributed by atoms with van der Waals surface area (Å²) in [5.41, 5.74) is 0.982. The van der Waals surface area contributed by atoms with E-state index in [1.165, 1.54) is 0 Å². The van der Waals surface area contributed by atoms with Gasteiger partial charge in [-0.15, -0.1) is 0 Å². The summed E-state index contributed by atoms with van der Waals surface area (Å²) in [4.78, 5) is 0. The molecule has 1 rings (SSSR count). The molecule has 0 spiro atoms. The number of aliphatic hydroxyl groups is 1. The highest BCUT2D eigenvalue weighted by atomic mass is 79.9. The highest BCUT2D eigenvalue weighted by Crippen LogP contribution is 2.44. The first kappa shape index (κ1) is 15.6. The van der Waals surface area contributed by atoms with Gasteiger partial charge in [-0.25, -0.2) is 0 Å². The molecule has 0 atom stereocenters. The molecule has 0 bridgehead atoms. The minimum atomic E-state index is 0.0219. The molecular weight excluding hydrogens is 540 g/mol. The summed E-state index contributed by atoms with van der Waals surface area (Å²) in [5, 5.41) is 8.66. The maximum Gasteiger partial charge on any atom is 0.0740 e. The lowest BCUT2D eigenvalue weighted by Gasteiger charge is -2.13. The maximum absolute atomic E-state index is 8.66. The summed E-state index contributed by atoms with van der Waals surface area (Å²) >= 11 is 17.4. The molecule has 0 fully saturated rings. The minimum absolute atomic E-state index is 0.0219. The summed E-state index contributed by atoms with van der Waals surface area (Å²) in [6.07, 6.45) is 0. The van der Waals surface area contributed by atoms with Crippen LogP contribution in [0.1, 0.15) is 5.56 Å². The fourth-order valence-electron chi connectivity index (χ4n) is 1.02. The summed E-state index contributed by atoms with van der Waals surface area (Å²) in [5.74, 6) is 0. The number of benzene rings is 1. The largest absolute Gasteiger partial charge is 0.394 e. The molecule has 16 heavy (non-hydrogen) atoms. The van der Waals surface area contributed by atoms with Crippen LogP contribution in [0.3, 0.4) is 0 Å². The molecule has 0 unspecified atom stereocenters. The van der Waals surface area contributed by atoms with Crippen molar-refractivity contribution in [3.05, 3.63) is 27.9 Å². The summed E-state index contributed by atoms with van der Waals surface area (Å²) < 4.78 is 9.93. The van der Waals surface area contributed by atoms with Crippen molar-refractivity contribution in [2.45, 2.75) is 6.61 Å². The van der Waals surface area contributed by atoms with Gasteiger partial charge in [0.15, 0.2) is 0 Å². The molecule has 90 valence electrons. The van der Waals surface area contributed by atoms with Crippen LogP contribution in [-0.2, 0) is 11.3 Å². The lowest BCUT2D eigenvalue weighted by molar-refractivity contribution is 0.0809. The number of ether oxygens (including phenoxy) is 1. The molecule has 2 nitrogen and oxygen atoms in total. The zero-order valence-electron chi connectivity index (χ0n) is 7.87. The van der Waals surface area contributed by atoms with Crippen LogP contribution in [-0.4, -0.2) is 18.3 Å². The molecule has 0 saturated carbocycles. The Morgan fingerprint density at radius 2 is 1.25 bits per heavy atom. The molecule has 0 amide bonds. The fourth-order valence-corrected chi connectivity index (χ4v) is 4.37. The average molecular weight is 547 g/mol. The highest BCUT2D eigenvalue weighted by Gasteiger charge is 2.17. The van der Waals surface area contributed by atoms with Crippen LogP contribution in [0.2, 0.25) is 0 Å². The van der Waals surface area contributed by atoms with E-state index >= 15 is 0 Å². The second kappa shape index (κ2) is 7.21. The minimum Gasteiger partial charge on any atom is -0.394 e. The average Bonchev–Trinajstić information content (AvgIpc) is 2.28. The third kappa shape index (κ3) is 3.52. The molecule has 1 N–H and O–H groups in total. The summed E-state index contributed by atoms with van der Waals surface area (Å²) in [6.45, 7) is 0.768. The molecule has 0 heterocycles. The van der Waals surface area contributed by atoms with E-state index in [1.807, 2.05) is 0 Å². The van der Waals surface area contributed by atoms with E-state index in [0.717, 1.165) is 27.9 Å². The van der Waals surface area contributed by atoms with Crippen LogP contribution < -0.4 is 0 Å². The first-order valence-corrected chi connectivity index (χ1v) is 8.16. The van der Waals surface area contributed by atoms with Crippen LogP contribution in [0.25, 0.3) is 0 Å². The van der Waals surface area contributed by atoms with Crippen molar-refractivity contribution in [1.82, 2.24) is 0 Å². The Kier molecular flexibility index (Phi) is 7.03. The molecule has 0 saturated heterocycles. The van der Waals surface area contributed by atoms with Gasteiger partial charge in [0.1, 0.15) is 0 Å². The molecule has 0 aliphatic rings. The van der Waals surface area contributed by atoms with E-state index in [9.17, 15) is 0 Å². The Labute approximate surface area is 136 Å². The van der Waals surface area contributed by atoms with Crippen molar-refractivity contribution in [2.75, 3.05) is 13.2 Å². The molecule has 7 heteroatoms. The van der Waals surface area contributed by atoms with Crippen LogP contribution in [0.5, 0.6) is 0 Å². The first-order chi connectivity index (χ1) is 7.50. The second-order valence-electron chi connectivity index (χ2n) is 2.82. The van der Waals surface area contributed by atoms with Gasteiger partial charge in [-0.2, -0.15) is 0 Å². The van der Waals surface area contributed by atoms with Crippen molar-refractivity contribution in [1.29, 1.82) is 0 Å². The van der Waals surface area contributed by atoms with Gasteiger partial charge >= 0.3 is 0 Å². The SMILES string of the molecule is OCCOCc1c(Br)c(Br)c(Br)c(Br)c1Br. The Morgan fingerprint density at radius 3 is 1.69 bits per heavy atom. The molecule has 0 radical (unpaired) electrons. The van der Waals surface area contributed by atoms with Crippen molar-refractivity contribution >= 4 is 79.6 Å². The molecule has 1 aromatic carbocycles. The van der Waals surface area contributed by atoms with Gasteiger partial charge in [-0.3, -0.25) is 0 Å². The zero-order chi connectivity index (χ0) is 12.3. The second-order valence-corrected chi connectivity index (χ2v) is 6.79. The summed E-state index contributed by atoms with van der Waals surface area (Å²) in [7, 11) is 0. The first-order valence-electron chi connectivity index (χ1n) is 4.19. The Bertz CT molecular complexity index is 365. The smallest absolute Gasteiger partial charge is 0.0740 e. The van der Waals surface area contributed by atoms with Crippen LogP contribution in [0, 0.1) is 0 Å². The Hall–Kier alpha value is 1.54. The molecule has 0 aliphatic heterocycles. The van der Waals surface area contributed by atoms with Gasteiger partial charge in [0.25, 0.3) is 0 Å². The van der Waals surface area contributed by atoms with Gasteiger partial charge < -0.3 is 9.84 Å². The molecular formula is C9H7Br5O2. The van der Waals surface area contributed by atoms with Crippen molar-refractivity contribution in [3.63, 3.8) is 0 Å². The fraction of sp³-hybridized carbons (Fsp3) is 0.333. The van der Waals surface area contributed by atoms with E-state index in [4.69, 9.17) is 9.84 Å². The lowest BCUT2D eigenvalue weighted by Crippen LogP contribution is -2.01. The van der Waals surface area contributed by atoms with Crippen molar-refractivity contribution in [2.24, 2.45) is 0 Å². The summed E-state index contributed by atoms with van der Waals surface area (Å²) in [6, 6.07) is 0. The predicted octanol–water partition coefficient (Wildman–Crippen LogP) is 5.01. The zero-order valence-corrected chi connectivity index (χ0v) is 15.8. The third-order valence-corrected chi connectivity index (χ3v) is 8.04. The third-order valence-electron chi connectivity index (χ3n) is 1.78. The number of rotatable bonds is 4. The van der Waals surface area contributed by atoms with Crippen molar-refractivity contribution < 1.29 is 9.84 Å². The Balaban J connectivity index is 3.08. The number of hydrogen-bond acceptors (Lipinski definition) is 2. The van der Waals surface area contributed by atoms with Gasteiger partial charge in [0.2, 0.25) is 0 Å². The van der Waals surface area contributed by atoms with Crippen LogP contribution in [0.15, 0.2) is 22.4 Å². The standard InChI is InChI=1S/C9H7Br5O2/c10-5-4(3-16-2-1-15)6(11)8(13)9(14)7(5)12/h15H,1-3H2. The van der Waals surface area contributed by atoms with E-state index in [1.54, 1.807) is 0 Å². The monoisotopic (exact) mass is 542 g/mol. The van der Waals surface area contributed by atoms with Crippen LogP contribution in [0.4, 0.5) is 0 Å².